The van der Waals surface area contributed by atoms with Gasteiger partial charge < -0.3 is 5.43 Å². The van der Waals surface area contributed by atoms with E-state index in [1.54, 1.807) is 6.07 Å². The largest absolute Gasteiger partial charge is 0.316 e. The summed E-state index contributed by atoms with van der Waals surface area (Å²) in [5.41, 5.74) is 6.13. The molecule has 0 amide bonds. The first kappa shape index (κ1) is 14.5. The summed E-state index contributed by atoms with van der Waals surface area (Å²) in [4.78, 5) is 26.3. The Bertz CT molecular complexity index is 884. The molecule has 7 heteroatoms. The summed E-state index contributed by atoms with van der Waals surface area (Å²) in [6, 6.07) is 11.4. The standard InChI is InChI=1S/C16H12N4O3/c21-16-12(5-3-7-14(16)20(22)23)10-17-19-15-9-8-11-4-1-2-6-13(11)18-15/h1-10,17H,(H,18,19). The van der Waals surface area contributed by atoms with Crippen molar-refractivity contribution in [1.82, 2.24) is 10.4 Å². The molecule has 23 heavy (non-hydrogen) atoms. The molecule has 114 valence electrons. The molecule has 1 aromatic carbocycles. The second-order valence-corrected chi connectivity index (χ2v) is 4.76. The Morgan fingerprint density at radius 2 is 2.00 bits per heavy atom. The lowest BCUT2D eigenvalue weighted by atomic mass is 10.1. The van der Waals surface area contributed by atoms with Gasteiger partial charge in [0.2, 0.25) is 0 Å². The number of nitrogens with one attached hydrogen (secondary N) is 2. The van der Waals surface area contributed by atoms with Crippen LogP contribution in [0.3, 0.4) is 0 Å². The van der Waals surface area contributed by atoms with E-state index in [2.05, 4.69) is 15.8 Å². The molecule has 1 heterocycles. The number of allylic oxidation sites excluding steroid dienone is 4. The van der Waals surface area contributed by atoms with Crippen LogP contribution in [0.2, 0.25) is 0 Å². The molecule has 7 nitrogen and oxygen atoms in total. The van der Waals surface area contributed by atoms with Crippen molar-refractivity contribution < 1.29 is 9.72 Å². The van der Waals surface area contributed by atoms with Gasteiger partial charge >= 0.3 is 5.70 Å². The number of pyridine rings is 1. The van der Waals surface area contributed by atoms with Crippen LogP contribution in [0.15, 0.2) is 72.1 Å². The van der Waals surface area contributed by atoms with E-state index in [4.69, 9.17) is 0 Å². The van der Waals surface area contributed by atoms with Crippen LogP contribution in [-0.2, 0) is 4.79 Å². The molecule has 3 rings (SSSR count). The third kappa shape index (κ3) is 3.08. The zero-order valence-corrected chi connectivity index (χ0v) is 11.9. The fourth-order valence-corrected chi connectivity index (χ4v) is 2.12. The second kappa shape index (κ2) is 6.10. The number of hydrogen-bond donors (Lipinski definition) is 2. The lowest BCUT2D eigenvalue weighted by Crippen LogP contribution is -2.20. The normalized spacial score (nSPS) is 15.6. The molecule has 2 aromatic rings. The van der Waals surface area contributed by atoms with Crippen molar-refractivity contribution in [3.63, 3.8) is 0 Å². The fourth-order valence-electron chi connectivity index (χ4n) is 2.12. The number of nitrogens with zero attached hydrogens (tertiary/aromatic N) is 2. The number of carbonyl (C=O) groups excluding carboxylic acids is 1. The van der Waals surface area contributed by atoms with E-state index in [0.717, 1.165) is 10.9 Å². The summed E-state index contributed by atoms with van der Waals surface area (Å²) in [7, 11) is 0. The zero-order valence-electron chi connectivity index (χ0n) is 11.9. The summed E-state index contributed by atoms with van der Waals surface area (Å²) in [6.45, 7) is 0. The topological polar surface area (TPSA) is 97.2 Å². The molecule has 0 spiro atoms. The summed E-state index contributed by atoms with van der Waals surface area (Å²) < 4.78 is 0. The SMILES string of the molecule is O=C1C(=CNNc2ccc3ccccc3n2)C=CC=C1[N+](=O)[O-]. The summed E-state index contributed by atoms with van der Waals surface area (Å²) in [5.74, 6) is -0.0731. The molecule has 1 aliphatic carbocycles. The molecule has 0 aliphatic heterocycles. The number of carbonyl (C=O) groups is 1. The first-order valence-corrected chi connectivity index (χ1v) is 6.80. The minimum absolute atomic E-state index is 0.187. The first-order valence-electron chi connectivity index (χ1n) is 6.80. The molecule has 0 saturated heterocycles. The average Bonchev–Trinajstić information content (AvgIpc) is 2.56. The fraction of sp³-hybridized carbons (Fsp3) is 0. The molecular formula is C16H12N4O3. The molecule has 1 aliphatic rings. The highest BCUT2D eigenvalue weighted by Crippen LogP contribution is 2.15. The number of Topliss-reactive ketones (excluding diaryl/α,β-unsaturated/α-hetero) is 1. The van der Waals surface area contributed by atoms with Crippen molar-refractivity contribution >= 4 is 22.5 Å². The van der Waals surface area contributed by atoms with Crippen molar-refractivity contribution in [2.45, 2.75) is 0 Å². The van der Waals surface area contributed by atoms with Crippen LogP contribution in [0.25, 0.3) is 10.9 Å². The van der Waals surface area contributed by atoms with Crippen molar-refractivity contribution in [2.24, 2.45) is 0 Å². The van der Waals surface area contributed by atoms with Crippen molar-refractivity contribution in [3.8, 4) is 0 Å². The van der Waals surface area contributed by atoms with Crippen LogP contribution in [0.4, 0.5) is 5.82 Å². The van der Waals surface area contributed by atoms with Gasteiger partial charge in [0, 0.05) is 23.2 Å². The molecule has 0 fully saturated rings. The molecular weight excluding hydrogens is 296 g/mol. The third-order valence-electron chi connectivity index (χ3n) is 3.25. The van der Waals surface area contributed by atoms with Gasteiger partial charge in [-0.1, -0.05) is 24.3 Å². The Morgan fingerprint density at radius 1 is 1.17 bits per heavy atom. The van der Waals surface area contributed by atoms with Gasteiger partial charge in [-0.3, -0.25) is 20.3 Å². The highest BCUT2D eigenvalue weighted by Gasteiger charge is 2.25. The summed E-state index contributed by atoms with van der Waals surface area (Å²) >= 11 is 0. The van der Waals surface area contributed by atoms with E-state index in [-0.39, 0.29) is 5.57 Å². The second-order valence-electron chi connectivity index (χ2n) is 4.76. The Kier molecular flexibility index (Phi) is 3.84. The van der Waals surface area contributed by atoms with Crippen LogP contribution in [0.1, 0.15) is 0 Å². The monoisotopic (exact) mass is 308 g/mol. The Hall–Kier alpha value is -3.48. The lowest BCUT2D eigenvalue weighted by molar-refractivity contribution is -0.418. The number of nitro groups is 1. The maximum absolute atomic E-state index is 11.9. The van der Waals surface area contributed by atoms with Crippen molar-refractivity contribution in [3.05, 3.63) is 82.2 Å². The molecule has 2 N–H and O–H groups in total. The molecule has 0 radical (unpaired) electrons. The number of aromatic nitrogens is 1. The van der Waals surface area contributed by atoms with Crippen molar-refractivity contribution in [2.75, 3.05) is 5.43 Å². The number of anilines is 1. The Morgan fingerprint density at radius 3 is 2.83 bits per heavy atom. The minimum Gasteiger partial charge on any atom is -0.306 e. The number of hydrazine groups is 1. The van der Waals surface area contributed by atoms with Gasteiger partial charge in [0.25, 0.3) is 5.78 Å². The van der Waals surface area contributed by atoms with Gasteiger partial charge in [0.15, 0.2) is 0 Å². The van der Waals surface area contributed by atoms with E-state index in [9.17, 15) is 14.9 Å². The van der Waals surface area contributed by atoms with Gasteiger partial charge in [0.05, 0.1) is 10.4 Å². The summed E-state index contributed by atoms with van der Waals surface area (Å²) in [5, 5.41) is 11.8. The van der Waals surface area contributed by atoms with Crippen molar-refractivity contribution in [1.29, 1.82) is 0 Å². The van der Waals surface area contributed by atoms with Gasteiger partial charge in [-0.25, -0.2) is 4.98 Å². The van der Waals surface area contributed by atoms with E-state index >= 15 is 0 Å². The number of rotatable bonds is 4. The smallest absolute Gasteiger partial charge is 0.306 e. The predicted octanol–water partition coefficient (Wildman–Crippen LogP) is 2.33. The number of para-hydroxylation sites is 1. The third-order valence-corrected chi connectivity index (χ3v) is 3.25. The van der Waals surface area contributed by atoms with E-state index in [0.29, 0.717) is 5.82 Å². The van der Waals surface area contributed by atoms with Gasteiger partial charge in [-0.2, -0.15) is 0 Å². The predicted molar refractivity (Wildman–Crippen MR) is 85.8 cm³/mol. The maximum atomic E-state index is 11.9. The molecule has 0 saturated carbocycles. The highest BCUT2D eigenvalue weighted by atomic mass is 16.6. The maximum Gasteiger partial charge on any atom is 0.316 e. The first-order chi connectivity index (χ1) is 11.1. The van der Waals surface area contributed by atoms with Crippen LogP contribution in [0.5, 0.6) is 0 Å². The Labute approximate surface area is 131 Å². The van der Waals surface area contributed by atoms with E-state index < -0.39 is 16.4 Å². The quantitative estimate of drug-likeness (QED) is 0.511. The lowest BCUT2D eigenvalue weighted by Gasteiger charge is -2.08. The Balaban J connectivity index is 1.71. The van der Waals surface area contributed by atoms with Crippen LogP contribution in [0, 0.1) is 10.1 Å². The zero-order chi connectivity index (χ0) is 16.2. The molecule has 1 aromatic heterocycles. The van der Waals surface area contributed by atoms with Crippen LogP contribution in [-0.4, -0.2) is 15.7 Å². The number of fused-ring (bicyclic) bond motifs is 1. The van der Waals surface area contributed by atoms with Crippen LogP contribution >= 0.6 is 0 Å². The van der Waals surface area contributed by atoms with Gasteiger partial charge in [-0.05, 0) is 24.3 Å². The van der Waals surface area contributed by atoms with E-state index in [1.807, 2.05) is 30.3 Å². The number of benzene rings is 1. The number of ketones is 1. The number of hydrogen-bond acceptors (Lipinski definition) is 6. The van der Waals surface area contributed by atoms with E-state index in [1.165, 1.54) is 24.4 Å². The van der Waals surface area contributed by atoms with Crippen LogP contribution < -0.4 is 10.9 Å². The molecule has 0 bridgehead atoms. The average molecular weight is 308 g/mol. The molecule has 0 atom stereocenters. The van der Waals surface area contributed by atoms with Gasteiger partial charge in [-0.15, -0.1) is 0 Å². The van der Waals surface area contributed by atoms with Gasteiger partial charge in [0.1, 0.15) is 5.82 Å². The molecule has 0 unspecified atom stereocenters. The highest BCUT2D eigenvalue weighted by molar-refractivity contribution is 6.09. The minimum atomic E-state index is -0.696. The summed E-state index contributed by atoms with van der Waals surface area (Å²) in [6.07, 6.45) is 5.50.